The van der Waals surface area contributed by atoms with Crippen LogP contribution in [0.15, 0.2) is 22.7 Å². The molecule has 0 saturated heterocycles. The van der Waals surface area contributed by atoms with Crippen LogP contribution in [0.1, 0.15) is 5.56 Å². The topological polar surface area (TPSA) is 29.5 Å². The Morgan fingerprint density at radius 2 is 2.36 bits per heavy atom. The fraction of sp³-hybridized carbons (Fsp3) is 0.143. The molecule has 0 aromatic heterocycles. The third-order valence-electron chi connectivity index (χ3n) is 1.79. The zero-order valence-electron chi connectivity index (χ0n) is 5.75. The van der Waals surface area contributed by atoms with Crippen LogP contribution in [-0.4, -0.2) is 12.1 Å². The third kappa shape index (κ3) is 1.11. The van der Waals surface area contributed by atoms with E-state index in [1.807, 2.05) is 18.2 Å². The molecule has 1 aliphatic heterocycles. The molecule has 0 aliphatic carbocycles. The molecule has 4 heteroatoms. The summed E-state index contributed by atoms with van der Waals surface area (Å²) < 4.78 is 5.95. The summed E-state index contributed by atoms with van der Waals surface area (Å²) in [5, 5.41) is 9.31. The summed E-state index contributed by atoms with van der Waals surface area (Å²) in [6, 6.07) is 5.79. The van der Waals surface area contributed by atoms with E-state index in [2.05, 4.69) is 15.9 Å². The molecule has 1 aromatic carbocycles. The highest BCUT2D eigenvalue weighted by atomic mass is 79.9. The Labute approximate surface area is 73.5 Å². The van der Waals surface area contributed by atoms with Gasteiger partial charge in [-0.2, -0.15) is 0 Å². The number of halogens is 1. The Kier molecular flexibility index (Phi) is 1.75. The Morgan fingerprint density at radius 1 is 1.55 bits per heavy atom. The van der Waals surface area contributed by atoms with Crippen molar-refractivity contribution in [2.75, 3.05) is 0 Å². The van der Waals surface area contributed by atoms with Gasteiger partial charge in [-0.05, 0) is 11.6 Å². The zero-order chi connectivity index (χ0) is 7.84. The Hall–Kier alpha value is -0.315. The van der Waals surface area contributed by atoms with Gasteiger partial charge in [0.2, 0.25) is 0 Å². The molecule has 0 spiro atoms. The van der Waals surface area contributed by atoms with Crippen LogP contribution in [0.5, 0.6) is 0 Å². The second-order valence-electron chi connectivity index (χ2n) is 2.48. The lowest BCUT2D eigenvalue weighted by molar-refractivity contribution is 0.275. The summed E-state index contributed by atoms with van der Waals surface area (Å²) in [5.74, 6) is 0. The molecule has 1 aliphatic rings. The van der Waals surface area contributed by atoms with Gasteiger partial charge in [0.25, 0.3) is 0 Å². The summed E-state index contributed by atoms with van der Waals surface area (Å²) in [7, 11) is -0.749. The van der Waals surface area contributed by atoms with Crippen molar-refractivity contribution in [2.24, 2.45) is 0 Å². The highest BCUT2D eigenvalue weighted by Gasteiger charge is 2.28. The van der Waals surface area contributed by atoms with E-state index in [4.69, 9.17) is 4.65 Å². The van der Waals surface area contributed by atoms with Gasteiger partial charge < -0.3 is 9.68 Å². The normalized spacial score (nSPS) is 15.3. The highest BCUT2D eigenvalue weighted by Crippen LogP contribution is 2.16. The van der Waals surface area contributed by atoms with Gasteiger partial charge >= 0.3 is 7.12 Å². The molecular formula is C7H6BBrO2. The van der Waals surface area contributed by atoms with E-state index in [9.17, 15) is 5.02 Å². The molecular weight excluding hydrogens is 207 g/mol. The first-order valence-corrected chi connectivity index (χ1v) is 4.15. The minimum Gasteiger partial charge on any atom is -0.423 e. The van der Waals surface area contributed by atoms with Crippen molar-refractivity contribution >= 4 is 28.5 Å². The van der Waals surface area contributed by atoms with Gasteiger partial charge in [-0.3, -0.25) is 0 Å². The van der Waals surface area contributed by atoms with Gasteiger partial charge in [-0.15, -0.1) is 0 Å². The fourth-order valence-corrected chi connectivity index (χ4v) is 1.84. The Bertz CT molecular complexity index is 290. The average Bonchev–Trinajstić information content (AvgIpc) is 2.34. The first-order chi connectivity index (χ1) is 5.29. The first kappa shape index (κ1) is 7.34. The van der Waals surface area contributed by atoms with E-state index >= 15 is 0 Å². The molecule has 1 heterocycles. The molecule has 0 amide bonds. The van der Waals surface area contributed by atoms with Crippen LogP contribution in [0, 0.1) is 0 Å². The predicted octanol–water partition coefficient (Wildman–Crippen LogP) is 0.667. The highest BCUT2D eigenvalue weighted by molar-refractivity contribution is 9.10. The summed E-state index contributed by atoms with van der Waals surface area (Å²) in [6.45, 7) is 0.510. The van der Waals surface area contributed by atoms with Gasteiger partial charge in [-0.1, -0.05) is 28.1 Å². The number of benzene rings is 1. The Morgan fingerprint density at radius 3 is 3.09 bits per heavy atom. The largest absolute Gasteiger partial charge is 0.492 e. The van der Waals surface area contributed by atoms with Gasteiger partial charge in [-0.25, -0.2) is 0 Å². The van der Waals surface area contributed by atoms with Crippen molar-refractivity contribution < 1.29 is 9.68 Å². The van der Waals surface area contributed by atoms with Crippen LogP contribution < -0.4 is 5.46 Å². The molecule has 0 unspecified atom stereocenters. The van der Waals surface area contributed by atoms with E-state index in [0.29, 0.717) is 6.61 Å². The van der Waals surface area contributed by atoms with Crippen LogP contribution in [-0.2, 0) is 11.3 Å². The van der Waals surface area contributed by atoms with Crippen molar-refractivity contribution in [2.45, 2.75) is 6.61 Å². The van der Waals surface area contributed by atoms with Crippen molar-refractivity contribution in [1.82, 2.24) is 0 Å². The van der Waals surface area contributed by atoms with Gasteiger partial charge in [0.05, 0.1) is 6.61 Å². The zero-order valence-corrected chi connectivity index (χ0v) is 7.34. The maximum absolute atomic E-state index is 9.31. The fourth-order valence-electron chi connectivity index (χ4n) is 1.24. The predicted molar refractivity (Wildman–Crippen MR) is 46.5 cm³/mol. The molecule has 0 fully saturated rings. The minimum atomic E-state index is -0.749. The van der Waals surface area contributed by atoms with Crippen LogP contribution in [0.2, 0.25) is 0 Å². The summed E-state index contributed by atoms with van der Waals surface area (Å²) in [5.41, 5.74) is 1.93. The molecule has 0 bridgehead atoms. The molecule has 56 valence electrons. The summed E-state index contributed by atoms with van der Waals surface area (Å²) >= 11 is 3.35. The molecule has 0 saturated carbocycles. The second-order valence-corrected chi connectivity index (χ2v) is 3.33. The number of hydrogen-bond donors (Lipinski definition) is 1. The van der Waals surface area contributed by atoms with Crippen molar-refractivity contribution in [3.8, 4) is 0 Å². The number of hydrogen-bond acceptors (Lipinski definition) is 2. The number of fused-ring (bicyclic) bond motifs is 1. The van der Waals surface area contributed by atoms with E-state index < -0.39 is 7.12 Å². The molecule has 11 heavy (non-hydrogen) atoms. The minimum absolute atomic E-state index is 0.510. The van der Waals surface area contributed by atoms with E-state index in [-0.39, 0.29) is 0 Å². The van der Waals surface area contributed by atoms with E-state index in [1.165, 1.54) is 0 Å². The van der Waals surface area contributed by atoms with Gasteiger partial charge in [0, 0.05) is 9.94 Å². The molecule has 2 rings (SSSR count). The quantitative estimate of drug-likeness (QED) is 0.641. The smallest absolute Gasteiger partial charge is 0.423 e. The van der Waals surface area contributed by atoms with Crippen LogP contribution in [0.3, 0.4) is 0 Å². The monoisotopic (exact) mass is 212 g/mol. The van der Waals surface area contributed by atoms with Crippen molar-refractivity contribution in [3.05, 3.63) is 28.2 Å². The molecule has 1 N–H and O–H groups in total. The van der Waals surface area contributed by atoms with Crippen LogP contribution >= 0.6 is 15.9 Å². The lowest BCUT2D eigenvalue weighted by Gasteiger charge is -1.99. The molecule has 0 atom stereocenters. The van der Waals surface area contributed by atoms with Gasteiger partial charge in [0.15, 0.2) is 0 Å². The maximum atomic E-state index is 9.31. The lowest BCUT2D eigenvalue weighted by Crippen LogP contribution is -2.29. The first-order valence-electron chi connectivity index (χ1n) is 3.36. The van der Waals surface area contributed by atoms with E-state index in [1.54, 1.807) is 0 Å². The summed E-state index contributed by atoms with van der Waals surface area (Å²) in [4.78, 5) is 0. The SMILES string of the molecule is OB1OCc2cccc(Br)c21. The Balaban J connectivity index is 2.58. The van der Waals surface area contributed by atoms with E-state index in [0.717, 1.165) is 15.5 Å². The molecule has 1 aromatic rings. The standard InChI is InChI=1S/C7H6BBrO2/c9-6-3-1-2-5-4-11-8(10)7(5)6/h1-3,10H,4H2. The molecule has 2 nitrogen and oxygen atoms in total. The average molecular weight is 213 g/mol. The maximum Gasteiger partial charge on any atom is 0.492 e. The summed E-state index contributed by atoms with van der Waals surface area (Å²) in [6.07, 6.45) is 0. The van der Waals surface area contributed by atoms with Crippen molar-refractivity contribution in [3.63, 3.8) is 0 Å². The van der Waals surface area contributed by atoms with Crippen LogP contribution in [0.25, 0.3) is 0 Å². The lowest BCUT2D eigenvalue weighted by atomic mass is 9.80. The van der Waals surface area contributed by atoms with Crippen LogP contribution in [0.4, 0.5) is 0 Å². The number of rotatable bonds is 0. The van der Waals surface area contributed by atoms with Crippen molar-refractivity contribution in [1.29, 1.82) is 0 Å². The van der Waals surface area contributed by atoms with Gasteiger partial charge in [0.1, 0.15) is 0 Å². The second kappa shape index (κ2) is 2.62. The molecule has 0 radical (unpaired) electrons. The third-order valence-corrected chi connectivity index (χ3v) is 2.48.